The second kappa shape index (κ2) is 36.9. The molecule has 31 heteroatoms. The zero-order chi connectivity index (χ0) is 65.9. The predicted octanol–water partition coefficient (Wildman–Crippen LogP) is -5.21. The Bertz CT molecular complexity index is 2910. The molecule has 0 saturated carbocycles. The summed E-state index contributed by atoms with van der Waals surface area (Å²) in [7, 11) is 0. The lowest BCUT2D eigenvalue weighted by atomic mass is 10.00. The number of carbonyl (C=O) groups is 11. The molecule has 0 bridgehead atoms. The first-order valence-corrected chi connectivity index (χ1v) is 29.7. The number of amides is 11. The van der Waals surface area contributed by atoms with Gasteiger partial charge < -0.3 is 97.4 Å². The van der Waals surface area contributed by atoms with Gasteiger partial charge in [-0.05, 0) is 108 Å². The van der Waals surface area contributed by atoms with Crippen molar-refractivity contribution in [1.82, 2.24) is 63.5 Å². The SMILES string of the molecule is CC(C)C[C@@H]1NC(=O)[C@@H](Cc2ccccc2)NC(=O)[C@H](CCN)NC(=O)[C@@H](NC(=O)[C@H](CN)NC(=O)[C@@H](NC(=O)[C@H](CCN)NC(=O)c2ccnc(-c3ccccc3Cl)c2)[C@@H](C)O)CCNC(=O)[C@H]([C@@H](C)O)NC(=O)[C@H](CCN)NC(=O)[C@H](CCN)NC1=O. The van der Waals surface area contributed by atoms with Crippen molar-refractivity contribution >= 4 is 76.6 Å². The third-order valence-corrected chi connectivity index (χ3v) is 14.5. The van der Waals surface area contributed by atoms with Crippen molar-refractivity contribution in [3.8, 4) is 11.3 Å². The van der Waals surface area contributed by atoms with Crippen LogP contribution in [0.25, 0.3) is 11.3 Å². The minimum atomic E-state index is -1.80. The van der Waals surface area contributed by atoms with Crippen molar-refractivity contribution in [2.45, 2.75) is 145 Å². The Balaban J connectivity index is 1.68. The maximum Gasteiger partial charge on any atom is 0.252 e. The first-order valence-electron chi connectivity index (χ1n) is 29.3. The first-order chi connectivity index (χ1) is 42.3. The van der Waals surface area contributed by atoms with E-state index in [-0.39, 0.29) is 76.2 Å². The summed E-state index contributed by atoms with van der Waals surface area (Å²) in [5, 5.41) is 49.7. The lowest BCUT2D eigenvalue weighted by molar-refractivity contribution is -0.136. The minimum Gasteiger partial charge on any atom is -0.391 e. The number of aliphatic hydroxyl groups is 2. The van der Waals surface area contributed by atoms with Crippen LogP contribution in [0, 0.1) is 5.92 Å². The predicted molar refractivity (Wildman–Crippen MR) is 328 cm³/mol. The number of halogens is 1. The number of aliphatic hydroxyl groups excluding tert-OH is 2. The molecule has 1 aliphatic heterocycles. The van der Waals surface area contributed by atoms with Crippen LogP contribution in [0.1, 0.15) is 82.1 Å². The van der Waals surface area contributed by atoms with Crippen molar-refractivity contribution in [3.05, 3.63) is 89.1 Å². The average Bonchev–Trinajstić information content (AvgIpc) is 3.66. The first kappa shape index (κ1) is 73.2. The largest absolute Gasteiger partial charge is 0.391 e. The van der Waals surface area contributed by atoms with Gasteiger partial charge in [0.15, 0.2) is 0 Å². The van der Waals surface area contributed by atoms with Gasteiger partial charge in [-0.15, -0.1) is 0 Å². The third-order valence-electron chi connectivity index (χ3n) is 14.1. The molecule has 1 aliphatic rings. The van der Waals surface area contributed by atoms with Gasteiger partial charge in [-0.25, -0.2) is 0 Å². The van der Waals surface area contributed by atoms with Crippen molar-refractivity contribution in [2.24, 2.45) is 34.6 Å². The third kappa shape index (κ3) is 23.0. The quantitative estimate of drug-likeness (QED) is 0.0399. The standard InChI is InChI=1S/C58H86ClN17O13/c1-30(2)26-43-54(85)70-37(14-20-60)49(80)69-40(17-23-63)53(84)75-46(31(3)77)57(88)66-25-19-41(51(82)68-38(15-21-61)50(81)73-44(55(86)72-43)27-33-10-6-5-7-11-33)71-56(87)45(29-64)74-58(89)47(32(4)78)76-52(83)39(16-22-62)67-48(79)34-18-24-65-42(28-34)35-12-8-9-13-36(35)59/h5-13,18,24,28,30-32,37-41,43-47,77-78H,14-17,19-23,25-27,29,60-64H2,1-4H3,(H,66,88)(H,67,79)(H,68,82)(H,69,80)(H,70,85)(H,71,87)(H,72,86)(H,73,81)(H,74,89)(H,75,84)(H,76,83)/t31-,32-,37+,38+,39+,40+,41+,43+,44-,45+,46+,47+/m1/s1. The maximum absolute atomic E-state index is 14.5. The molecule has 3 aromatic rings. The molecule has 4 rings (SSSR count). The summed E-state index contributed by atoms with van der Waals surface area (Å²) in [6.07, 6.45) is -3.17. The zero-order valence-corrected chi connectivity index (χ0v) is 51.0. The number of nitrogens with zero attached hydrogens (tertiary/aromatic N) is 1. The molecule has 0 radical (unpaired) electrons. The molecule has 0 aliphatic carbocycles. The molecule has 0 unspecified atom stereocenters. The van der Waals surface area contributed by atoms with E-state index in [2.05, 4.69) is 63.5 Å². The smallest absolute Gasteiger partial charge is 0.252 e. The Morgan fingerprint density at radius 3 is 1.70 bits per heavy atom. The van der Waals surface area contributed by atoms with Crippen molar-refractivity contribution < 1.29 is 63.0 Å². The highest BCUT2D eigenvalue weighted by Crippen LogP contribution is 2.26. The molecule has 23 N–H and O–H groups in total. The highest BCUT2D eigenvalue weighted by molar-refractivity contribution is 6.33. The minimum absolute atomic E-state index is 0.0334. The van der Waals surface area contributed by atoms with E-state index in [0.29, 0.717) is 21.8 Å². The fourth-order valence-corrected chi connectivity index (χ4v) is 9.53. The van der Waals surface area contributed by atoms with Crippen LogP contribution in [-0.2, 0) is 54.4 Å². The second-order valence-corrected chi connectivity index (χ2v) is 22.2. The Morgan fingerprint density at radius 1 is 0.607 bits per heavy atom. The fourth-order valence-electron chi connectivity index (χ4n) is 9.30. The summed E-state index contributed by atoms with van der Waals surface area (Å²) in [6, 6.07) is 2.79. The summed E-state index contributed by atoms with van der Waals surface area (Å²) in [5.74, 6) is -10.7. The van der Waals surface area contributed by atoms with E-state index in [1.165, 1.54) is 25.3 Å². The normalized spacial score (nSPS) is 21.9. The Kier molecular flexibility index (Phi) is 30.4. The van der Waals surface area contributed by atoms with Crippen LogP contribution in [0.15, 0.2) is 72.9 Å². The molecule has 2 heterocycles. The summed E-state index contributed by atoms with van der Waals surface area (Å²) < 4.78 is 0. The van der Waals surface area contributed by atoms with Gasteiger partial charge >= 0.3 is 0 Å². The van der Waals surface area contributed by atoms with Crippen LogP contribution >= 0.6 is 11.6 Å². The number of carbonyl (C=O) groups excluding carboxylic acids is 11. The maximum atomic E-state index is 14.5. The van der Waals surface area contributed by atoms with Gasteiger partial charge in [-0.2, -0.15) is 0 Å². The number of nitrogens with one attached hydrogen (secondary N) is 11. The number of benzene rings is 2. The highest BCUT2D eigenvalue weighted by atomic mass is 35.5. The van der Waals surface area contributed by atoms with Crippen LogP contribution in [0.5, 0.6) is 0 Å². The number of hydrogen-bond donors (Lipinski definition) is 18. The number of pyridine rings is 1. The van der Waals surface area contributed by atoms with Crippen molar-refractivity contribution in [1.29, 1.82) is 0 Å². The molecule has 89 heavy (non-hydrogen) atoms. The summed E-state index contributed by atoms with van der Waals surface area (Å²) in [4.78, 5) is 159. The van der Waals surface area contributed by atoms with Gasteiger partial charge in [0.25, 0.3) is 5.91 Å². The summed E-state index contributed by atoms with van der Waals surface area (Å²) in [5.41, 5.74) is 31.1. The van der Waals surface area contributed by atoms with E-state index in [4.69, 9.17) is 40.3 Å². The summed E-state index contributed by atoms with van der Waals surface area (Å²) in [6.45, 7) is 4.14. The molecule has 488 valence electrons. The molecule has 1 fully saturated rings. The van der Waals surface area contributed by atoms with Gasteiger partial charge in [0.2, 0.25) is 59.1 Å². The van der Waals surface area contributed by atoms with Gasteiger partial charge in [-0.1, -0.05) is 74.0 Å². The van der Waals surface area contributed by atoms with Gasteiger partial charge in [-0.3, -0.25) is 57.7 Å². The zero-order valence-electron chi connectivity index (χ0n) is 50.2. The molecular formula is C58H86ClN17O13. The molecule has 12 atom stereocenters. The van der Waals surface area contributed by atoms with Crippen molar-refractivity contribution in [2.75, 3.05) is 39.3 Å². The Hall–Kier alpha value is -8.23. The molecule has 30 nitrogen and oxygen atoms in total. The van der Waals surface area contributed by atoms with Crippen LogP contribution in [-0.4, -0.2) is 192 Å². The number of rotatable bonds is 24. The molecule has 1 aromatic heterocycles. The van der Waals surface area contributed by atoms with Gasteiger partial charge in [0.1, 0.15) is 60.4 Å². The van der Waals surface area contributed by atoms with E-state index in [1.807, 2.05) is 0 Å². The van der Waals surface area contributed by atoms with E-state index in [1.54, 1.807) is 68.4 Å². The monoisotopic (exact) mass is 1260 g/mol. The van der Waals surface area contributed by atoms with Crippen LogP contribution in [0.4, 0.5) is 0 Å². The molecule has 11 amide bonds. The molecule has 0 spiro atoms. The number of aromatic nitrogens is 1. The Morgan fingerprint density at radius 2 is 1.15 bits per heavy atom. The fraction of sp³-hybridized carbons (Fsp3) is 0.517. The lowest BCUT2D eigenvalue weighted by Crippen LogP contribution is -2.63. The van der Waals surface area contributed by atoms with Gasteiger partial charge in [0, 0.05) is 41.9 Å². The number of hydrogen-bond acceptors (Lipinski definition) is 19. The molecule has 1 saturated heterocycles. The van der Waals surface area contributed by atoms with E-state index >= 15 is 0 Å². The van der Waals surface area contributed by atoms with Gasteiger partial charge in [0.05, 0.1) is 17.9 Å². The number of nitrogens with two attached hydrogens (primary N) is 5. The van der Waals surface area contributed by atoms with E-state index in [0.717, 1.165) is 6.92 Å². The molecular weight excluding hydrogens is 1180 g/mol. The van der Waals surface area contributed by atoms with Crippen LogP contribution < -0.4 is 87.2 Å². The molecule has 2 aromatic carbocycles. The van der Waals surface area contributed by atoms with E-state index < -0.39 is 157 Å². The van der Waals surface area contributed by atoms with Crippen LogP contribution in [0.2, 0.25) is 5.02 Å². The highest BCUT2D eigenvalue weighted by Gasteiger charge is 2.38. The topological polar surface area (TPSA) is 504 Å². The summed E-state index contributed by atoms with van der Waals surface area (Å²) >= 11 is 6.36. The van der Waals surface area contributed by atoms with E-state index in [9.17, 15) is 63.0 Å². The Labute approximate surface area is 520 Å². The van der Waals surface area contributed by atoms with Crippen LogP contribution in [0.3, 0.4) is 0 Å². The lowest BCUT2D eigenvalue weighted by Gasteiger charge is -2.28. The average molecular weight is 1260 g/mol. The van der Waals surface area contributed by atoms with Crippen molar-refractivity contribution in [3.63, 3.8) is 0 Å². The second-order valence-electron chi connectivity index (χ2n) is 21.8.